The van der Waals surface area contributed by atoms with Crippen LogP contribution in [0.2, 0.25) is 0 Å². The number of carbonyl (C=O) groups is 3. The van der Waals surface area contributed by atoms with Crippen LogP contribution in [0.5, 0.6) is 5.75 Å². The maximum atomic E-state index is 14.8. The number of nitrogens with one attached hydrogen (secondary N) is 3. The highest BCUT2D eigenvalue weighted by Gasteiger charge is 2.54. The Labute approximate surface area is 393 Å². The molecule has 5 aliphatic heterocycles. The van der Waals surface area contributed by atoms with Gasteiger partial charge < -0.3 is 34.8 Å². The maximum Gasteiger partial charge on any atom is 0.326 e. The Bertz CT molecular complexity index is 2550. The first-order chi connectivity index (χ1) is 32.1. The summed E-state index contributed by atoms with van der Waals surface area (Å²) in [5.41, 5.74) is 9.20. The zero-order valence-electron chi connectivity index (χ0n) is 40.1. The van der Waals surface area contributed by atoms with Gasteiger partial charge in [0, 0.05) is 93.3 Å². The first kappa shape index (κ1) is 46.7. The van der Waals surface area contributed by atoms with Gasteiger partial charge in [0.25, 0.3) is 5.91 Å². The summed E-state index contributed by atoms with van der Waals surface area (Å²) in [5, 5.41) is 20.3. The lowest BCUT2D eigenvalue weighted by molar-refractivity contribution is -0.835. The van der Waals surface area contributed by atoms with Gasteiger partial charge in [-0.05, 0) is 111 Å². The number of aromatic nitrogens is 2. The van der Waals surface area contributed by atoms with Gasteiger partial charge in [0.1, 0.15) is 17.8 Å². The van der Waals surface area contributed by atoms with Gasteiger partial charge in [-0.1, -0.05) is 39.8 Å². The van der Waals surface area contributed by atoms with Crippen molar-refractivity contribution in [1.82, 2.24) is 40.4 Å². The van der Waals surface area contributed by atoms with Crippen LogP contribution in [0.3, 0.4) is 0 Å². The second kappa shape index (κ2) is 18.6. The molecule has 4 saturated heterocycles. The smallest absolute Gasteiger partial charge is 0.326 e. The number of aromatic hydroxyl groups is 1. The van der Waals surface area contributed by atoms with Crippen LogP contribution in [-0.2, 0) is 43.3 Å². The van der Waals surface area contributed by atoms with Crippen LogP contribution in [-0.4, -0.2) is 129 Å². The molecule has 0 aliphatic carbocycles. The highest BCUT2D eigenvalue weighted by molar-refractivity contribution is 5.96. The molecule has 3 amide bonds. The molecule has 9 rings (SSSR count). The number of benzene rings is 2. The van der Waals surface area contributed by atoms with E-state index in [0.717, 1.165) is 70.6 Å². The fraction of sp³-hybridized carbons (Fsp3) is 0.569. The molecular formula is C51H68N9O7+. The van der Waals surface area contributed by atoms with Crippen LogP contribution >= 0.6 is 0 Å². The van der Waals surface area contributed by atoms with Gasteiger partial charge >= 0.3 is 6.17 Å². The first-order valence-electron chi connectivity index (χ1n) is 24.3. The topological polar surface area (TPSA) is 184 Å². The minimum absolute atomic E-state index is 0.00690. The molecule has 6 atom stereocenters. The lowest BCUT2D eigenvalue weighted by atomic mass is 9.84. The Balaban J connectivity index is 1.10. The van der Waals surface area contributed by atoms with Gasteiger partial charge in [0.15, 0.2) is 6.61 Å². The van der Waals surface area contributed by atoms with Crippen LogP contribution in [0.4, 0.5) is 0 Å². The summed E-state index contributed by atoms with van der Waals surface area (Å²) in [6.07, 6.45) is 3.64. The summed E-state index contributed by atoms with van der Waals surface area (Å²) in [6, 6.07) is 14.2. The molecule has 67 heavy (non-hydrogen) atoms. The van der Waals surface area contributed by atoms with Crippen molar-refractivity contribution in [2.45, 2.75) is 117 Å². The number of hydrazine groups is 1. The summed E-state index contributed by atoms with van der Waals surface area (Å²) in [4.78, 5) is 73.4. The van der Waals surface area contributed by atoms with E-state index >= 15 is 0 Å². The number of nitrogens with zero attached hydrogens (tertiary/aromatic N) is 6. The molecule has 4 aromatic rings. The van der Waals surface area contributed by atoms with Crippen molar-refractivity contribution in [3.63, 3.8) is 0 Å². The summed E-state index contributed by atoms with van der Waals surface area (Å²) in [7, 11) is 1.68. The number of fused-ring (bicyclic) bond motifs is 6. The van der Waals surface area contributed by atoms with E-state index in [4.69, 9.17) is 14.6 Å². The van der Waals surface area contributed by atoms with Crippen LogP contribution in [0.15, 0.2) is 54.7 Å². The molecule has 4 N–H and O–H groups in total. The molecule has 2 aromatic heterocycles. The molecule has 0 radical (unpaired) electrons. The normalized spacial score (nSPS) is 25.4. The second-order valence-corrected chi connectivity index (χ2v) is 20.8. The van der Waals surface area contributed by atoms with Crippen molar-refractivity contribution in [2.24, 2.45) is 16.7 Å². The Morgan fingerprint density at radius 3 is 2.61 bits per heavy atom. The molecule has 1 spiro atoms. The molecule has 16 heteroatoms. The lowest BCUT2D eigenvalue weighted by Gasteiger charge is -2.35. The predicted molar refractivity (Wildman–Crippen MR) is 254 cm³/mol. The number of phenolic OH excluding ortho intramolecular Hbond substituents is 1. The third-order valence-electron chi connectivity index (χ3n) is 14.8. The predicted octanol–water partition coefficient (Wildman–Crippen LogP) is 5.50. The van der Waals surface area contributed by atoms with Crippen LogP contribution in [0.1, 0.15) is 90.2 Å². The van der Waals surface area contributed by atoms with Gasteiger partial charge in [-0.25, -0.2) is 4.84 Å². The van der Waals surface area contributed by atoms with E-state index in [0.29, 0.717) is 68.4 Å². The number of pyridine rings is 1. The highest BCUT2D eigenvalue weighted by atomic mass is 16.8. The van der Waals surface area contributed by atoms with E-state index in [1.807, 2.05) is 39.0 Å². The van der Waals surface area contributed by atoms with Crippen molar-refractivity contribution >= 4 is 28.6 Å². The van der Waals surface area contributed by atoms with E-state index in [-0.39, 0.29) is 36.7 Å². The van der Waals surface area contributed by atoms with Crippen LogP contribution < -0.4 is 16.1 Å². The minimum atomic E-state index is -1.11. The third kappa shape index (κ3) is 9.29. The lowest BCUT2D eigenvalue weighted by Crippen LogP contribution is -2.62. The molecule has 5 aliphatic rings. The first-order valence-corrected chi connectivity index (χ1v) is 24.3. The number of phenols is 1. The SMILES string of the molecule is CCn1c(-c2cccnc2[C@H](C)OC)c2c3cc(ccc31)-c1cc(O)cc(c1)C[C@H](NC(=O)[C@H](C(C)C)N1CC[C@@]3(CCN(C[C@H]4CN4)C3)C1=O)C(=O)N1CCC[C@H](N1)[N+](=O)OCC(C)(C)C2. The summed E-state index contributed by atoms with van der Waals surface area (Å²) in [5.74, 6) is -1.05. The monoisotopic (exact) mass is 919 g/mol. The number of rotatable bonds is 10. The van der Waals surface area contributed by atoms with Crippen LogP contribution in [0, 0.1) is 21.7 Å². The van der Waals surface area contributed by atoms with E-state index in [1.54, 1.807) is 30.3 Å². The van der Waals surface area contributed by atoms with E-state index in [1.165, 1.54) is 5.01 Å². The van der Waals surface area contributed by atoms with Gasteiger partial charge in [0.05, 0.1) is 27.8 Å². The van der Waals surface area contributed by atoms with Gasteiger partial charge in [-0.3, -0.25) is 24.4 Å². The summed E-state index contributed by atoms with van der Waals surface area (Å²) >= 11 is 0. The van der Waals surface area contributed by atoms with Gasteiger partial charge in [0.2, 0.25) is 16.7 Å². The van der Waals surface area contributed by atoms with Crippen molar-refractivity contribution < 1.29 is 34.0 Å². The van der Waals surface area contributed by atoms with Gasteiger partial charge in [-0.15, -0.1) is 0 Å². The molecular weight excluding hydrogens is 851 g/mol. The largest absolute Gasteiger partial charge is 0.508 e. The molecule has 4 fully saturated rings. The summed E-state index contributed by atoms with van der Waals surface area (Å²) in [6.45, 7) is 17.2. The standard InChI is InChI=1S/C51H67N9O7/c1-8-57-42-14-13-34-25-39(42)40(46(57)38-11-9-17-52-44(38)32(4)66-7)26-50(5,6)30-67-60(65)43-12-10-18-59(55-43)48(63)41(23-33-21-35(34)24-37(61)22-33)54-47(62)45(31(2)3)58-20-16-51(49(58)64)15-19-56(29-51)28-36-27-53-36/h9,11,13-14,17,21-22,24-25,31-32,36,41,43,45,53,55H,8,10,12,15-16,18-20,23,26-30H2,1-7H3,(H-,54,61,62)/p+1/t32-,36+,41-,43+,45-,51+/m0/s1. The van der Waals surface area contributed by atoms with E-state index in [2.05, 4.69) is 64.5 Å². The van der Waals surface area contributed by atoms with E-state index in [9.17, 15) is 24.4 Å². The Morgan fingerprint density at radius 1 is 1.07 bits per heavy atom. The third-order valence-corrected chi connectivity index (χ3v) is 14.8. The van der Waals surface area contributed by atoms with Crippen LogP contribution in [0.25, 0.3) is 33.3 Å². The quantitative estimate of drug-likeness (QED) is 0.148. The molecule has 2 aromatic carbocycles. The maximum absolute atomic E-state index is 14.8. The average molecular weight is 919 g/mol. The number of methoxy groups -OCH3 is 1. The van der Waals surface area contributed by atoms with Crippen molar-refractivity contribution in [3.8, 4) is 28.1 Å². The molecule has 0 unspecified atom stereocenters. The Kier molecular flexibility index (Phi) is 12.9. The number of ether oxygens (including phenoxy) is 1. The van der Waals surface area contributed by atoms with Crippen molar-refractivity contribution in [2.75, 3.05) is 53.0 Å². The Hall–Kier alpha value is -5.42. The fourth-order valence-corrected chi connectivity index (χ4v) is 11.2. The number of hydrogen-bond donors (Lipinski definition) is 4. The number of likely N-dealkylation sites (tertiary alicyclic amines) is 2. The summed E-state index contributed by atoms with van der Waals surface area (Å²) < 4.78 is 8.13. The highest BCUT2D eigenvalue weighted by Crippen LogP contribution is 2.44. The Morgan fingerprint density at radius 2 is 1.87 bits per heavy atom. The number of amides is 3. The fourth-order valence-electron chi connectivity index (χ4n) is 11.2. The number of hydrogen-bond acceptors (Lipinski definition) is 11. The zero-order chi connectivity index (χ0) is 47.4. The zero-order valence-corrected chi connectivity index (χ0v) is 40.1. The molecule has 6 bridgehead atoms. The second-order valence-electron chi connectivity index (χ2n) is 20.8. The average Bonchev–Trinajstić information content (AvgIpc) is 3.85. The number of carbonyl (C=O) groups excluding carboxylic acids is 3. The molecule has 7 heterocycles. The van der Waals surface area contributed by atoms with Crippen molar-refractivity contribution in [3.05, 3.63) is 76.5 Å². The van der Waals surface area contributed by atoms with Crippen molar-refractivity contribution in [1.29, 1.82) is 0 Å². The molecule has 0 saturated carbocycles. The minimum Gasteiger partial charge on any atom is -0.508 e. The molecule has 358 valence electrons. The molecule has 16 nitrogen and oxygen atoms in total. The van der Waals surface area contributed by atoms with E-state index < -0.39 is 40.9 Å². The number of aryl methyl sites for hydroxylation is 1. The van der Waals surface area contributed by atoms with Gasteiger partial charge in [-0.2, -0.15) is 5.43 Å².